The van der Waals surface area contributed by atoms with E-state index < -0.39 is 74.6 Å². The van der Waals surface area contributed by atoms with E-state index >= 15 is 0 Å². The lowest BCUT2D eigenvalue weighted by atomic mass is 9.97. The summed E-state index contributed by atoms with van der Waals surface area (Å²) < 4.78 is 15.1. The van der Waals surface area contributed by atoms with Gasteiger partial charge in [-0.3, -0.25) is 0 Å². The van der Waals surface area contributed by atoms with E-state index in [0.29, 0.717) is 0 Å². The first-order chi connectivity index (χ1) is 10.8. The van der Waals surface area contributed by atoms with Crippen LogP contribution in [0.3, 0.4) is 0 Å². The molecule has 0 saturated carbocycles. The maximum atomic E-state index is 9.94. The van der Waals surface area contributed by atoms with Gasteiger partial charge in [-0.05, 0) is 0 Å². The van der Waals surface area contributed by atoms with Crippen molar-refractivity contribution in [1.82, 2.24) is 0 Å². The van der Waals surface area contributed by atoms with E-state index in [1.807, 2.05) is 0 Å². The van der Waals surface area contributed by atoms with Crippen molar-refractivity contribution in [1.29, 1.82) is 0 Å². The highest BCUT2D eigenvalue weighted by atomic mass is 16.7. The van der Waals surface area contributed by atoms with Gasteiger partial charge < -0.3 is 55.1 Å². The largest absolute Gasteiger partial charge is 0.394 e. The summed E-state index contributed by atoms with van der Waals surface area (Å²) in [7, 11) is 0. The van der Waals surface area contributed by atoms with Crippen LogP contribution in [0.1, 0.15) is 0 Å². The molecule has 11 nitrogen and oxygen atoms in total. The predicted octanol–water partition coefficient (Wildman–Crippen LogP) is -5.40. The van der Waals surface area contributed by atoms with Gasteiger partial charge >= 0.3 is 0 Å². The quantitative estimate of drug-likeness (QED) is 0.243. The Hall–Kier alpha value is -0.440. The molecule has 2 rings (SSSR count). The highest BCUT2D eigenvalue weighted by molar-refractivity contribution is 4.93. The summed E-state index contributed by atoms with van der Waals surface area (Å²) in [4.78, 5) is 0. The molecule has 0 aliphatic carbocycles. The molecule has 2 unspecified atom stereocenters. The van der Waals surface area contributed by atoms with Crippen molar-refractivity contribution in [2.75, 3.05) is 13.2 Å². The van der Waals surface area contributed by atoms with Crippen LogP contribution >= 0.6 is 0 Å². The van der Waals surface area contributed by atoms with E-state index in [-0.39, 0.29) is 0 Å². The highest BCUT2D eigenvalue weighted by Crippen LogP contribution is 2.28. The van der Waals surface area contributed by atoms with Gasteiger partial charge in [-0.1, -0.05) is 0 Å². The summed E-state index contributed by atoms with van der Waals surface area (Å²) >= 11 is 0. The Morgan fingerprint density at radius 1 is 0.652 bits per heavy atom. The van der Waals surface area contributed by atoms with E-state index in [0.717, 1.165) is 0 Å². The van der Waals surface area contributed by atoms with Gasteiger partial charge in [0.2, 0.25) is 0 Å². The fourth-order valence-electron chi connectivity index (χ4n) is 2.55. The first-order valence-electron chi connectivity index (χ1n) is 7.08. The van der Waals surface area contributed by atoms with Crippen molar-refractivity contribution in [3.63, 3.8) is 0 Å². The maximum Gasteiger partial charge on any atom is 0.187 e. The normalized spacial score (nSPS) is 51.7. The van der Waals surface area contributed by atoms with Crippen LogP contribution in [-0.4, -0.2) is 115 Å². The molecule has 11 heteroatoms. The lowest BCUT2D eigenvalue weighted by molar-refractivity contribution is -0.361. The first-order valence-corrected chi connectivity index (χ1v) is 7.08. The molecule has 2 heterocycles. The second kappa shape index (κ2) is 7.63. The molecule has 0 bridgehead atoms. The number of hydrogen-bond acceptors (Lipinski definition) is 11. The van der Waals surface area contributed by atoms with E-state index in [1.54, 1.807) is 0 Å². The Labute approximate surface area is 130 Å². The Kier molecular flexibility index (Phi) is 6.27. The Morgan fingerprint density at radius 3 is 1.74 bits per heavy atom. The van der Waals surface area contributed by atoms with Crippen molar-refractivity contribution < 1.29 is 55.1 Å². The number of aliphatic hydroxyl groups is 8. The van der Waals surface area contributed by atoms with Gasteiger partial charge in [0, 0.05) is 0 Å². The number of ether oxygens (including phenoxy) is 3. The SMILES string of the molecule is OC[C@H]1OC(O[C@@H]2C(O)O[C@H](CO)[C@H](O)[C@@H]2O)[C@@H](O)[C@@H](O)[C@H]1O. The fraction of sp³-hybridized carbons (Fsp3) is 1.00. The molecule has 0 spiro atoms. The smallest absolute Gasteiger partial charge is 0.187 e. The molecule has 0 amide bonds. The molecule has 2 aliphatic rings. The molecule has 0 radical (unpaired) electrons. The van der Waals surface area contributed by atoms with Gasteiger partial charge in [-0.15, -0.1) is 0 Å². The molecular formula is C12H22O11. The van der Waals surface area contributed by atoms with Crippen molar-refractivity contribution in [2.45, 2.75) is 61.4 Å². The van der Waals surface area contributed by atoms with Crippen LogP contribution in [0.25, 0.3) is 0 Å². The second-order valence-corrected chi connectivity index (χ2v) is 5.53. The van der Waals surface area contributed by atoms with Crippen LogP contribution in [0, 0.1) is 0 Å². The minimum Gasteiger partial charge on any atom is -0.394 e. The number of rotatable bonds is 4. The lowest BCUT2D eigenvalue weighted by Crippen LogP contribution is -2.64. The highest BCUT2D eigenvalue weighted by Gasteiger charge is 2.50. The number of hydrogen-bond donors (Lipinski definition) is 8. The molecule has 2 fully saturated rings. The lowest BCUT2D eigenvalue weighted by Gasteiger charge is -2.44. The Morgan fingerprint density at radius 2 is 1.17 bits per heavy atom. The van der Waals surface area contributed by atoms with Gasteiger partial charge in [-0.2, -0.15) is 0 Å². The zero-order valence-electron chi connectivity index (χ0n) is 12.0. The van der Waals surface area contributed by atoms with Crippen molar-refractivity contribution in [3.8, 4) is 0 Å². The van der Waals surface area contributed by atoms with E-state index in [4.69, 9.17) is 24.4 Å². The molecule has 0 aromatic rings. The number of aliphatic hydroxyl groups excluding tert-OH is 8. The van der Waals surface area contributed by atoms with Gasteiger partial charge in [-0.25, -0.2) is 0 Å². The minimum absolute atomic E-state index is 0.651. The molecular weight excluding hydrogens is 320 g/mol. The van der Waals surface area contributed by atoms with Gasteiger partial charge in [0.15, 0.2) is 12.6 Å². The van der Waals surface area contributed by atoms with Crippen LogP contribution in [0.15, 0.2) is 0 Å². The standard InChI is InChI=1S/C12H22O11/c13-1-3-6(16)8(18)10(11(20)21-3)23-12-9(19)7(17)5(15)4(2-14)22-12/h3-20H,1-2H2/t3-,4-,5+,6+,7+,8+,9+,10+,11?,12?/m1/s1. The van der Waals surface area contributed by atoms with Crippen LogP contribution in [0.5, 0.6) is 0 Å². The summed E-state index contributed by atoms with van der Waals surface area (Å²) in [6, 6.07) is 0. The zero-order valence-corrected chi connectivity index (χ0v) is 12.0. The molecule has 23 heavy (non-hydrogen) atoms. The van der Waals surface area contributed by atoms with Crippen LogP contribution in [0.4, 0.5) is 0 Å². The minimum atomic E-state index is -1.75. The van der Waals surface area contributed by atoms with Gasteiger partial charge in [0.05, 0.1) is 13.2 Å². The Bertz CT molecular complexity index is 380. The van der Waals surface area contributed by atoms with Gasteiger partial charge in [0.25, 0.3) is 0 Å². The third kappa shape index (κ3) is 3.65. The summed E-state index contributed by atoms with van der Waals surface area (Å²) in [5.74, 6) is 0. The van der Waals surface area contributed by atoms with Crippen LogP contribution < -0.4 is 0 Å². The van der Waals surface area contributed by atoms with Crippen molar-refractivity contribution in [3.05, 3.63) is 0 Å². The molecule has 136 valence electrons. The van der Waals surface area contributed by atoms with Crippen LogP contribution in [0.2, 0.25) is 0 Å². The fourth-order valence-corrected chi connectivity index (χ4v) is 2.55. The summed E-state index contributed by atoms with van der Waals surface area (Å²) in [6.07, 6.45) is -15.6. The molecule has 2 saturated heterocycles. The molecule has 10 atom stereocenters. The summed E-state index contributed by atoms with van der Waals surface area (Å²) in [5, 5.41) is 76.7. The van der Waals surface area contributed by atoms with E-state index in [1.165, 1.54) is 0 Å². The third-order valence-corrected chi connectivity index (χ3v) is 3.98. The molecule has 0 aromatic carbocycles. The topological polar surface area (TPSA) is 190 Å². The van der Waals surface area contributed by atoms with E-state index in [9.17, 15) is 30.6 Å². The molecule has 8 N–H and O–H groups in total. The summed E-state index contributed by atoms with van der Waals surface area (Å²) in [6.45, 7) is -1.33. The first kappa shape index (κ1) is 18.9. The van der Waals surface area contributed by atoms with Crippen molar-refractivity contribution >= 4 is 0 Å². The zero-order chi connectivity index (χ0) is 17.3. The van der Waals surface area contributed by atoms with Gasteiger partial charge in [0.1, 0.15) is 48.8 Å². The molecule has 0 aromatic heterocycles. The van der Waals surface area contributed by atoms with Crippen LogP contribution in [-0.2, 0) is 14.2 Å². The Balaban J connectivity index is 2.08. The average Bonchev–Trinajstić information content (AvgIpc) is 2.54. The monoisotopic (exact) mass is 342 g/mol. The second-order valence-electron chi connectivity index (χ2n) is 5.53. The van der Waals surface area contributed by atoms with Crippen molar-refractivity contribution in [2.24, 2.45) is 0 Å². The maximum absolute atomic E-state index is 9.94. The summed E-state index contributed by atoms with van der Waals surface area (Å²) in [5.41, 5.74) is 0. The average molecular weight is 342 g/mol. The third-order valence-electron chi connectivity index (χ3n) is 3.98. The predicted molar refractivity (Wildman–Crippen MR) is 68.6 cm³/mol. The van der Waals surface area contributed by atoms with E-state index in [2.05, 4.69) is 0 Å². The molecule has 2 aliphatic heterocycles.